The van der Waals surface area contributed by atoms with Gasteiger partial charge in [-0.05, 0) is 50.0 Å². The van der Waals surface area contributed by atoms with Gasteiger partial charge in [-0.3, -0.25) is 14.6 Å². The van der Waals surface area contributed by atoms with Crippen molar-refractivity contribution in [2.75, 3.05) is 52.5 Å². The molecule has 0 bridgehead atoms. The zero-order chi connectivity index (χ0) is 19.8. The van der Waals surface area contributed by atoms with Gasteiger partial charge in [0.2, 0.25) is 0 Å². The Hall–Kier alpha value is -1.67. The molecule has 0 aliphatic carbocycles. The molecule has 7 nitrogen and oxygen atoms in total. The average molecular weight is 392 g/mol. The Morgan fingerprint density at radius 2 is 2.00 bits per heavy atom. The Bertz CT molecular complexity index is 621. The van der Waals surface area contributed by atoms with Crippen LogP contribution in [-0.2, 0) is 16.1 Å². The quantitative estimate of drug-likeness (QED) is 0.616. The molecule has 2 saturated heterocycles. The van der Waals surface area contributed by atoms with Gasteiger partial charge < -0.3 is 19.7 Å². The fourth-order valence-electron chi connectivity index (χ4n) is 3.87. The largest absolute Gasteiger partial charge is 0.494 e. The minimum Gasteiger partial charge on any atom is -0.494 e. The molecule has 1 aromatic carbocycles. The number of nitrogens with zero attached hydrogens (tertiary/aromatic N) is 2. The van der Waals surface area contributed by atoms with Gasteiger partial charge >= 0.3 is 5.97 Å². The number of aliphatic carboxylic acids is 1. The van der Waals surface area contributed by atoms with Gasteiger partial charge in [0.05, 0.1) is 31.8 Å². The second-order valence-corrected chi connectivity index (χ2v) is 7.69. The second kappa shape index (κ2) is 10.8. The van der Waals surface area contributed by atoms with E-state index in [1.807, 2.05) is 24.3 Å². The number of likely N-dealkylation sites (tertiary alicyclic amines) is 1. The number of aliphatic hydroxyl groups is 1. The number of hydrogen-bond acceptors (Lipinski definition) is 6. The lowest BCUT2D eigenvalue weighted by atomic mass is 9.94. The summed E-state index contributed by atoms with van der Waals surface area (Å²) in [6.07, 6.45) is 1.82. The molecule has 2 aliphatic rings. The van der Waals surface area contributed by atoms with Gasteiger partial charge in [-0.2, -0.15) is 0 Å². The topological polar surface area (TPSA) is 82.5 Å². The van der Waals surface area contributed by atoms with Crippen LogP contribution in [0.5, 0.6) is 5.75 Å². The second-order valence-electron chi connectivity index (χ2n) is 7.69. The molecule has 1 aromatic rings. The van der Waals surface area contributed by atoms with Crippen LogP contribution in [0.25, 0.3) is 0 Å². The number of carbonyl (C=O) groups is 1. The van der Waals surface area contributed by atoms with Crippen LogP contribution >= 0.6 is 0 Å². The van der Waals surface area contributed by atoms with Crippen LogP contribution in [0.4, 0.5) is 0 Å². The maximum Gasteiger partial charge on any atom is 0.309 e. The summed E-state index contributed by atoms with van der Waals surface area (Å²) in [7, 11) is 0. The highest BCUT2D eigenvalue weighted by molar-refractivity contribution is 5.70. The summed E-state index contributed by atoms with van der Waals surface area (Å²) in [5, 5.41) is 19.2. The predicted molar refractivity (Wildman–Crippen MR) is 105 cm³/mol. The third kappa shape index (κ3) is 6.44. The molecule has 7 heteroatoms. The van der Waals surface area contributed by atoms with E-state index in [-0.39, 0.29) is 0 Å². The molecule has 0 aromatic heterocycles. The molecule has 0 amide bonds. The van der Waals surface area contributed by atoms with E-state index in [0.29, 0.717) is 32.7 Å². The first-order valence-electron chi connectivity index (χ1n) is 10.3. The summed E-state index contributed by atoms with van der Waals surface area (Å²) in [4.78, 5) is 15.6. The summed E-state index contributed by atoms with van der Waals surface area (Å²) in [6, 6.07) is 8.04. The molecule has 2 atom stereocenters. The van der Waals surface area contributed by atoms with Crippen LogP contribution in [-0.4, -0.2) is 84.6 Å². The Kier molecular flexibility index (Phi) is 8.09. The highest BCUT2D eigenvalue weighted by Crippen LogP contribution is 2.21. The first kappa shape index (κ1) is 21.0. The number of hydrogen-bond donors (Lipinski definition) is 2. The Morgan fingerprint density at radius 3 is 2.75 bits per heavy atom. The lowest BCUT2D eigenvalue weighted by molar-refractivity contribution is -0.148. The fraction of sp³-hybridized carbons (Fsp3) is 0.667. The number of carboxylic acids is 1. The number of aliphatic hydroxyl groups excluding tert-OH is 1. The molecule has 2 N–H and O–H groups in total. The first-order valence-corrected chi connectivity index (χ1v) is 10.3. The molecule has 3 rings (SSSR count). The van der Waals surface area contributed by atoms with E-state index in [2.05, 4.69) is 9.80 Å². The normalized spacial score (nSPS) is 24.2. The van der Waals surface area contributed by atoms with Gasteiger partial charge in [0, 0.05) is 26.2 Å². The standard InChI is InChI=1S/C21H32N2O5/c24-20-16-23(8-6-19(20)21(25)26)15-17-4-3-5-18(14-17)28-11-2-1-7-22-9-12-27-13-10-22/h3-5,14,19-20,24H,1-2,6-13,15-16H2,(H,25,26)/t19-,20+/m0/s1. The van der Waals surface area contributed by atoms with Gasteiger partial charge in [0.25, 0.3) is 0 Å². The zero-order valence-electron chi connectivity index (χ0n) is 16.5. The summed E-state index contributed by atoms with van der Waals surface area (Å²) in [5.41, 5.74) is 1.12. The minimum absolute atomic E-state index is 0.392. The molecule has 0 saturated carbocycles. The summed E-state index contributed by atoms with van der Waals surface area (Å²) in [5.74, 6) is -0.690. The monoisotopic (exact) mass is 392 g/mol. The molecule has 156 valence electrons. The van der Waals surface area contributed by atoms with Crippen molar-refractivity contribution in [1.82, 2.24) is 9.80 Å². The molecule has 0 spiro atoms. The third-order valence-electron chi connectivity index (χ3n) is 5.53. The van der Waals surface area contributed by atoms with E-state index in [1.165, 1.54) is 0 Å². The van der Waals surface area contributed by atoms with Gasteiger partial charge in [-0.25, -0.2) is 0 Å². The van der Waals surface area contributed by atoms with Gasteiger partial charge in [-0.1, -0.05) is 12.1 Å². The van der Waals surface area contributed by atoms with Crippen LogP contribution in [0.1, 0.15) is 24.8 Å². The van der Waals surface area contributed by atoms with Gasteiger partial charge in [0.1, 0.15) is 5.75 Å². The van der Waals surface area contributed by atoms with Crippen LogP contribution in [0, 0.1) is 5.92 Å². The van der Waals surface area contributed by atoms with Crippen molar-refractivity contribution in [3.05, 3.63) is 29.8 Å². The zero-order valence-corrected chi connectivity index (χ0v) is 16.5. The fourth-order valence-corrected chi connectivity index (χ4v) is 3.87. The van der Waals surface area contributed by atoms with Crippen LogP contribution in [0.2, 0.25) is 0 Å². The number of rotatable bonds is 9. The molecule has 2 heterocycles. The Balaban J connectivity index is 1.37. The first-order chi connectivity index (χ1) is 13.6. The molecule has 0 radical (unpaired) electrons. The van der Waals surface area contributed by atoms with Crippen molar-refractivity contribution in [3.8, 4) is 5.75 Å². The van der Waals surface area contributed by atoms with E-state index >= 15 is 0 Å². The van der Waals surface area contributed by atoms with E-state index in [0.717, 1.165) is 57.0 Å². The van der Waals surface area contributed by atoms with Crippen molar-refractivity contribution in [2.45, 2.75) is 31.9 Å². The highest BCUT2D eigenvalue weighted by atomic mass is 16.5. The van der Waals surface area contributed by atoms with E-state index in [4.69, 9.17) is 14.6 Å². The minimum atomic E-state index is -0.906. The number of unbranched alkanes of at least 4 members (excludes halogenated alkanes) is 1. The number of piperidine rings is 1. The van der Waals surface area contributed by atoms with Crippen LogP contribution in [0.15, 0.2) is 24.3 Å². The smallest absolute Gasteiger partial charge is 0.309 e. The van der Waals surface area contributed by atoms with Gasteiger partial charge in [0.15, 0.2) is 0 Å². The Labute approximate surface area is 166 Å². The molecular weight excluding hydrogens is 360 g/mol. The SMILES string of the molecule is O=C(O)[C@H]1CCN(Cc2cccc(OCCCCN3CCOCC3)c2)C[C@H]1O. The van der Waals surface area contributed by atoms with Crippen molar-refractivity contribution < 1.29 is 24.5 Å². The maximum atomic E-state index is 11.1. The number of ether oxygens (including phenoxy) is 2. The van der Waals surface area contributed by atoms with Crippen molar-refractivity contribution >= 4 is 5.97 Å². The van der Waals surface area contributed by atoms with Crippen molar-refractivity contribution in [1.29, 1.82) is 0 Å². The summed E-state index contributed by atoms with van der Waals surface area (Å²) < 4.78 is 11.3. The number of β-amino-alcohol motifs (C(OH)–C–C–N with tert-alkyl or cyclic N) is 1. The molecule has 28 heavy (non-hydrogen) atoms. The Morgan fingerprint density at radius 1 is 1.18 bits per heavy atom. The van der Waals surface area contributed by atoms with Crippen LogP contribution in [0.3, 0.4) is 0 Å². The summed E-state index contributed by atoms with van der Waals surface area (Å²) in [6.45, 7) is 7.31. The summed E-state index contributed by atoms with van der Waals surface area (Å²) >= 11 is 0. The molecule has 0 unspecified atom stereocenters. The molecular formula is C21H32N2O5. The van der Waals surface area contributed by atoms with Crippen LogP contribution < -0.4 is 4.74 Å². The van der Waals surface area contributed by atoms with Crippen molar-refractivity contribution in [2.24, 2.45) is 5.92 Å². The lowest BCUT2D eigenvalue weighted by Gasteiger charge is -2.33. The number of morpholine rings is 1. The van der Waals surface area contributed by atoms with E-state index < -0.39 is 18.0 Å². The van der Waals surface area contributed by atoms with E-state index in [9.17, 15) is 9.90 Å². The third-order valence-corrected chi connectivity index (χ3v) is 5.53. The molecule has 2 fully saturated rings. The number of benzene rings is 1. The highest BCUT2D eigenvalue weighted by Gasteiger charge is 2.32. The predicted octanol–water partition coefficient (Wildman–Crippen LogP) is 1.45. The maximum absolute atomic E-state index is 11.1. The van der Waals surface area contributed by atoms with Crippen molar-refractivity contribution in [3.63, 3.8) is 0 Å². The lowest BCUT2D eigenvalue weighted by Crippen LogP contribution is -2.46. The van der Waals surface area contributed by atoms with E-state index in [1.54, 1.807) is 0 Å². The number of carboxylic acid groups (broad SMARTS) is 1. The molecule has 2 aliphatic heterocycles. The average Bonchev–Trinajstić information content (AvgIpc) is 2.69. The van der Waals surface area contributed by atoms with Gasteiger partial charge in [-0.15, -0.1) is 0 Å².